The van der Waals surface area contributed by atoms with Crippen molar-refractivity contribution < 1.29 is 0 Å². The maximum absolute atomic E-state index is 4.32. The molecule has 4 heteroatoms. The van der Waals surface area contributed by atoms with Crippen LogP contribution in [0.5, 0.6) is 0 Å². The van der Waals surface area contributed by atoms with Gasteiger partial charge in [0.15, 0.2) is 0 Å². The average Bonchev–Trinajstić information content (AvgIpc) is 2.77. The van der Waals surface area contributed by atoms with E-state index >= 15 is 0 Å². The van der Waals surface area contributed by atoms with Crippen molar-refractivity contribution >= 4 is 21.6 Å². The first-order chi connectivity index (χ1) is 8.16. The zero-order valence-corrected chi connectivity index (χ0v) is 11.6. The highest BCUT2D eigenvalue weighted by Gasteiger charge is 2.02. The van der Waals surface area contributed by atoms with Gasteiger partial charge in [0, 0.05) is 34.5 Å². The van der Waals surface area contributed by atoms with Gasteiger partial charge in [-0.05, 0) is 41.9 Å². The van der Waals surface area contributed by atoms with Crippen molar-refractivity contribution in [1.82, 2.24) is 9.78 Å². The lowest BCUT2D eigenvalue weighted by atomic mass is 10.3. The first-order valence-electron chi connectivity index (χ1n) is 5.68. The summed E-state index contributed by atoms with van der Waals surface area (Å²) in [5, 5.41) is 7.70. The standard InChI is InChI=1S/C13H16BrN3/c1-10(2)17-9-11(8-16-17)7-15-13-6-4-3-5-12(13)14/h3-6,8-10,15H,7H2,1-2H3. The molecule has 0 aliphatic heterocycles. The molecule has 0 fully saturated rings. The topological polar surface area (TPSA) is 29.9 Å². The fraction of sp³-hybridized carbons (Fsp3) is 0.308. The first kappa shape index (κ1) is 12.2. The van der Waals surface area contributed by atoms with Crippen LogP contribution < -0.4 is 5.32 Å². The van der Waals surface area contributed by atoms with Crippen molar-refractivity contribution in [2.24, 2.45) is 0 Å². The minimum absolute atomic E-state index is 0.409. The Morgan fingerprint density at radius 3 is 2.76 bits per heavy atom. The van der Waals surface area contributed by atoms with E-state index < -0.39 is 0 Å². The number of anilines is 1. The van der Waals surface area contributed by atoms with Crippen LogP contribution in [0, 0.1) is 0 Å². The van der Waals surface area contributed by atoms with Gasteiger partial charge in [0.25, 0.3) is 0 Å². The second-order valence-corrected chi connectivity index (χ2v) is 5.11. The predicted molar refractivity (Wildman–Crippen MR) is 74.1 cm³/mol. The lowest BCUT2D eigenvalue weighted by Crippen LogP contribution is -2.01. The molecular weight excluding hydrogens is 278 g/mol. The molecule has 17 heavy (non-hydrogen) atoms. The second kappa shape index (κ2) is 5.36. The fourth-order valence-electron chi connectivity index (χ4n) is 1.55. The summed E-state index contributed by atoms with van der Waals surface area (Å²) in [6, 6.07) is 8.51. The van der Waals surface area contributed by atoms with E-state index in [-0.39, 0.29) is 0 Å². The van der Waals surface area contributed by atoms with Crippen molar-refractivity contribution in [2.45, 2.75) is 26.4 Å². The Hall–Kier alpha value is -1.29. The second-order valence-electron chi connectivity index (χ2n) is 4.26. The molecule has 0 saturated carbocycles. The van der Waals surface area contributed by atoms with Crippen LogP contribution in [0.15, 0.2) is 41.1 Å². The summed E-state index contributed by atoms with van der Waals surface area (Å²) in [5.74, 6) is 0. The van der Waals surface area contributed by atoms with Gasteiger partial charge in [-0.1, -0.05) is 12.1 Å². The van der Waals surface area contributed by atoms with Crippen LogP contribution in [0.25, 0.3) is 0 Å². The summed E-state index contributed by atoms with van der Waals surface area (Å²) >= 11 is 3.51. The van der Waals surface area contributed by atoms with E-state index in [9.17, 15) is 0 Å². The molecule has 0 aliphatic carbocycles. The highest BCUT2D eigenvalue weighted by molar-refractivity contribution is 9.10. The number of hydrogen-bond donors (Lipinski definition) is 1. The smallest absolute Gasteiger partial charge is 0.0539 e. The Morgan fingerprint density at radius 1 is 1.35 bits per heavy atom. The van der Waals surface area contributed by atoms with E-state index in [2.05, 4.69) is 52.5 Å². The average molecular weight is 294 g/mol. The van der Waals surface area contributed by atoms with Gasteiger partial charge < -0.3 is 5.32 Å². The Kier molecular flexibility index (Phi) is 3.84. The zero-order chi connectivity index (χ0) is 12.3. The predicted octanol–water partition coefficient (Wildman–Crippen LogP) is 3.84. The molecule has 1 heterocycles. The number of rotatable bonds is 4. The van der Waals surface area contributed by atoms with Gasteiger partial charge in [0.05, 0.1) is 6.20 Å². The number of para-hydroxylation sites is 1. The van der Waals surface area contributed by atoms with Gasteiger partial charge in [-0.25, -0.2) is 0 Å². The molecule has 2 rings (SSSR count). The molecule has 0 unspecified atom stereocenters. The molecular formula is C13H16BrN3. The SMILES string of the molecule is CC(C)n1cc(CNc2ccccc2Br)cn1. The van der Waals surface area contributed by atoms with Crippen molar-refractivity contribution in [1.29, 1.82) is 0 Å². The molecule has 0 radical (unpaired) electrons. The molecule has 2 aromatic rings. The number of hydrogen-bond acceptors (Lipinski definition) is 2. The highest BCUT2D eigenvalue weighted by Crippen LogP contribution is 2.21. The molecule has 0 spiro atoms. The number of nitrogens with zero attached hydrogens (tertiary/aromatic N) is 2. The molecule has 0 atom stereocenters. The van der Waals surface area contributed by atoms with Crippen molar-refractivity contribution in [2.75, 3.05) is 5.32 Å². The molecule has 0 amide bonds. The van der Waals surface area contributed by atoms with Gasteiger partial charge in [-0.2, -0.15) is 5.10 Å². The van der Waals surface area contributed by atoms with Crippen molar-refractivity contribution in [3.63, 3.8) is 0 Å². The van der Waals surface area contributed by atoms with Crippen LogP contribution >= 0.6 is 15.9 Å². The van der Waals surface area contributed by atoms with E-state index in [1.165, 1.54) is 5.56 Å². The van der Waals surface area contributed by atoms with E-state index in [1.54, 1.807) is 0 Å². The van der Waals surface area contributed by atoms with Gasteiger partial charge >= 0.3 is 0 Å². The Labute approximate surface area is 110 Å². The minimum Gasteiger partial charge on any atom is -0.380 e. The largest absolute Gasteiger partial charge is 0.380 e. The number of halogens is 1. The highest BCUT2D eigenvalue weighted by atomic mass is 79.9. The van der Waals surface area contributed by atoms with Gasteiger partial charge in [-0.15, -0.1) is 0 Å². The lowest BCUT2D eigenvalue weighted by Gasteiger charge is -2.07. The summed E-state index contributed by atoms with van der Waals surface area (Å²) in [6.45, 7) is 5.03. The Morgan fingerprint density at radius 2 is 2.12 bits per heavy atom. The van der Waals surface area contributed by atoms with E-state index in [4.69, 9.17) is 0 Å². The lowest BCUT2D eigenvalue weighted by molar-refractivity contribution is 0.532. The third-order valence-corrected chi connectivity index (χ3v) is 3.23. The van der Waals surface area contributed by atoms with Crippen LogP contribution in [0.3, 0.4) is 0 Å². The maximum atomic E-state index is 4.32. The third-order valence-electron chi connectivity index (χ3n) is 2.54. The van der Waals surface area contributed by atoms with Crippen LogP contribution in [0.4, 0.5) is 5.69 Å². The third kappa shape index (κ3) is 3.09. The summed E-state index contributed by atoms with van der Waals surface area (Å²) in [5.41, 5.74) is 2.29. The molecule has 0 bridgehead atoms. The van der Waals surface area contributed by atoms with Crippen LogP contribution in [-0.4, -0.2) is 9.78 Å². The molecule has 0 saturated heterocycles. The van der Waals surface area contributed by atoms with Crippen LogP contribution in [0.1, 0.15) is 25.5 Å². The minimum atomic E-state index is 0.409. The number of nitrogens with one attached hydrogen (secondary N) is 1. The first-order valence-corrected chi connectivity index (χ1v) is 6.47. The van der Waals surface area contributed by atoms with E-state index in [0.29, 0.717) is 6.04 Å². The molecule has 1 N–H and O–H groups in total. The van der Waals surface area contributed by atoms with E-state index in [1.807, 2.05) is 29.1 Å². The Balaban J connectivity index is 2.00. The summed E-state index contributed by atoms with van der Waals surface area (Å²) in [6.07, 6.45) is 3.98. The fourth-order valence-corrected chi connectivity index (χ4v) is 1.98. The molecule has 1 aromatic carbocycles. The van der Waals surface area contributed by atoms with E-state index in [0.717, 1.165) is 16.7 Å². The summed E-state index contributed by atoms with van der Waals surface area (Å²) in [4.78, 5) is 0. The maximum Gasteiger partial charge on any atom is 0.0539 e. The number of aromatic nitrogens is 2. The van der Waals surface area contributed by atoms with Crippen molar-refractivity contribution in [3.05, 3.63) is 46.7 Å². The van der Waals surface area contributed by atoms with Crippen LogP contribution in [0.2, 0.25) is 0 Å². The van der Waals surface area contributed by atoms with Crippen LogP contribution in [-0.2, 0) is 6.54 Å². The molecule has 0 aliphatic rings. The van der Waals surface area contributed by atoms with Crippen molar-refractivity contribution in [3.8, 4) is 0 Å². The quantitative estimate of drug-likeness (QED) is 0.928. The van der Waals surface area contributed by atoms with Gasteiger partial charge in [0.2, 0.25) is 0 Å². The Bertz CT molecular complexity index is 491. The summed E-state index contributed by atoms with van der Waals surface area (Å²) < 4.78 is 3.05. The normalized spacial score (nSPS) is 10.8. The van der Waals surface area contributed by atoms with Gasteiger partial charge in [-0.3, -0.25) is 4.68 Å². The monoisotopic (exact) mass is 293 g/mol. The molecule has 1 aromatic heterocycles. The molecule has 90 valence electrons. The number of benzene rings is 1. The zero-order valence-electron chi connectivity index (χ0n) is 10.0. The molecule has 3 nitrogen and oxygen atoms in total. The van der Waals surface area contributed by atoms with Gasteiger partial charge in [0.1, 0.15) is 0 Å². The summed E-state index contributed by atoms with van der Waals surface area (Å²) in [7, 11) is 0.